The quantitative estimate of drug-likeness (QED) is 0.603. The van der Waals surface area contributed by atoms with Crippen molar-refractivity contribution in [3.8, 4) is 16.9 Å². The van der Waals surface area contributed by atoms with Gasteiger partial charge in [0.05, 0.1) is 11.4 Å². The monoisotopic (exact) mass is 362 g/mol. The van der Waals surface area contributed by atoms with Crippen LogP contribution in [0, 0.1) is 6.92 Å². The fraction of sp³-hybridized carbons (Fsp3) is 0.273. The zero-order valence-electron chi connectivity index (χ0n) is 15.9. The van der Waals surface area contributed by atoms with E-state index < -0.39 is 0 Å². The topological polar surface area (TPSA) is 59.0 Å². The van der Waals surface area contributed by atoms with Crippen LogP contribution in [0.25, 0.3) is 16.9 Å². The van der Waals surface area contributed by atoms with Crippen molar-refractivity contribution in [1.29, 1.82) is 0 Å². The molecule has 27 heavy (non-hydrogen) atoms. The number of aromatic nitrogens is 2. The SMILES string of the molecule is CC(=O)NCCCNCc1cn(-c2ccccc2)nc1-c1ccccc1C. The number of nitrogens with zero attached hydrogens (tertiary/aromatic N) is 2. The highest BCUT2D eigenvalue weighted by molar-refractivity contribution is 5.72. The van der Waals surface area contributed by atoms with E-state index in [9.17, 15) is 4.79 Å². The summed E-state index contributed by atoms with van der Waals surface area (Å²) in [7, 11) is 0. The largest absolute Gasteiger partial charge is 0.356 e. The van der Waals surface area contributed by atoms with Crippen molar-refractivity contribution in [3.05, 3.63) is 71.9 Å². The molecule has 5 nitrogen and oxygen atoms in total. The van der Waals surface area contributed by atoms with Crippen LogP contribution in [0.2, 0.25) is 0 Å². The summed E-state index contributed by atoms with van der Waals surface area (Å²) in [4.78, 5) is 10.9. The lowest BCUT2D eigenvalue weighted by molar-refractivity contribution is -0.118. The van der Waals surface area contributed by atoms with Gasteiger partial charge in [-0.25, -0.2) is 4.68 Å². The van der Waals surface area contributed by atoms with Crippen LogP contribution in [-0.2, 0) is 11.3 Å². The highest BCUT2D eigenvalue weighted by Crippen LogP contribution is 2.26. The molecule has 0 saturated heterocycles. The van der Waals surface area contributed by atoms with Crippen molar-refractivity contribution < 1.29 is 4.79 Å². The summed E-state index contributed by atoms with van der Waals surface area (Å²) in [5.41, 5.74) is 5.58. The Hall–Kier alpha value is -2.92. The summed E-state index contributed by atoms with van der Waals surface area (Å²) in [6.45, 7) is 5.91. The number of aryl methyl sites for hydroxylation is 1. The molecule has 0 spiro atoms. The van der Waals surface area contributed by atoms with Crippen LogP contribution >= 0.6 is 0 Å². The van der Waals surface area contributed by atoms with E-state index in [2.05, 4.69) is 54.1 Å². The second-order valence-electron chi connectivity index (χ2n) is 6.61. The smallest absolute Gasteiger partial charge is 0.216 e. The van der Waals surface area contributed by atoms with Gasteiger partial charge >= 0.3 is 0 Å². The Morgan fingerprint density at radius 1 is 1.04 bits per heavy atom. The number of benzene rings is 2. The van der Waals surface area contributed by atoms with Gasteiger partial charge in [-0.05, 0) is 37.6 Å². The van der Waals surface area contributed by atoms with Crippen molar-refractivity contribution in [3.63, 3.8) is 0 Å². The van der Waals surface area contributed by atoms with E-state index in [1.165, 1.54) is 5.56 Å². The number of amides is 1. The van der Waals surface area contributed by atoms with Crippen LogP contribution in [0.15, 0.2) is 60.8 Å². The number of hydrogen-bond acceptors (Lipinski definition) is 3. The number of hydrogen-bond donors (Lipinski definition) is 2. The lowest BCUT2D eigenvalue weighted by atomic mass is 10.0. The van der Waals surface area contributed by atoms with E-state index in [1.807, 2.05) is 28.9 Å². The van der Waals surface area contributed by atoms with Gasteiger partial charge in [0, 0.05) is 37.3 Å². The molecular weight excluding hydrogens is 336 g/mol. The van der Waals surface area contributed by atoms with Gasteiger partial charge in [0.25, 0.3) is 0 Å². The minimum atomic E-state index is 0.0148. The fourth-order valence-electron chi connectivity index (χ4n) is 3.02. The van der Waals surface area contributed by atoms with Crippen LogP contribution < -0.4 is 10.6 Å². The molecule has 0 fully saturated rings. The van der Waals surface area contributed by atoms with Crippen molar-refractivity contribution in [2.45, 2.75) is 26.8 Å². The highest BCUT2D eigenvalue weighted by Gasteiger charge is 2.13. The first-order valence-electron chi connectivity index (χ1n) is 9.30. The van der Waals surface area contributed by atoms with Crippen LogP contribution in [-0.4, -0.2) is 28.8 Å². The third-order valence-corrected chi connectivity index (χ3v) is 4.43. The van der Waals surface area contributed by atoms with E-state index >= 15 is 0 Å². The fourth-order valence-corrected chi connectivity index (χ4v) is 3.02. The maximum Gasteiger partial charge on any atom is 0.216 e. The first-order chi connectivity index (χ1) is 13.1. The molecule has 0 aliphatic rings. The summed E-state index contributed by atoms with van der Waals surface area (Å²) in [6, 6.07) is 18.5. The van der Waals surface area contributed by atoms with Crippen molar-refractivity contribution in [2.24, 2.45) is 0 Å². The molecule has 1 aromatic heterocycles. The van der Waals surface area contributed by atoms with E-state index in [0.29, 0.717) is 6.54 Å². The minimum Gasteiger partial charge on any atom is -0.356 e. The second kappa shape index (κ2) is 9.14. The predicted molar refractivity (Wildman–Crippen MR) is 109 cm³/mol. The summed E-state index contributed by atoms with van der Waals surface area (Å²) >= 11 is 0. The summed E-state index contributed by atoms with van der Waals surface area (Å²) < 4.78 is 1.94. The predicted octanol–water partition coefficient (Wildman–Crippen LogP) is 3.46. The van der Waals surface area contributed by atoms with Crippen LogP contribution in [0.5, 0.6) is 0 Å². The van der Waals surface area contributed by atoms with Gasteiger partial charge in [-0.1, -0.05) is 42.5 Å². The first kappa shape index (κ1) is 18.9. The first-order valence-corrected chi connectivity index (χ1v) is 9.30. The van der Waals surface area contributed by atoms with Gasteiger partial charge in [0.15, 0.2) is 0 Å². The molecule has 1 heterocycles. The van der Waals surface area contributed by atoms with Gasteiger partial charge < -0.3 is 10.6 Å². The Morgan fingerprint density at radius 3 is 2.52 bits per heavy atom. The molecule has 2 aromatic carbocycles. The Morgan fingerprint density at radius 2 is 1.78 bits per heavy atom. The Bertz CT molecular complexity index is 886. The Labute approximate surface area is 160 Å². The highest BCUT2D eigenvalue weighted by atomic mass is 16.1. The van der Waals surface area contributed by atoms with Gasteiger partial charge in [-0.15, -0.1) is 0 Å². The molecule has 3 aromatic rings. The van der Waals surface area contributed by atoms with Crippen molar-refractivity contribution >= 4 is 5.91 Å². The summed E-state index contributed by atoms with van der Waals surface area (Å²) in [5, 5.41) is 11.2. The Kier molecular flexibility index (Phi) is 6.39. The zero-order chi connectivity index (χ0) is 19.1. The average Bonchev–Trinajstić information content (AvgIpc) is 3.09. The number of carbonyl (C=O) groups is 1. The molecule has 2 N–H and O–H groups in total. The lowest BCUT2D eigenvalue weighted by Crippen LogP contribution is -2.25. The molecule has 3 rings (SSSR count). The third-order valence-electron chi connectivity index (χ3n) is 4.43. The van der Waals surface area contributed by atoms with Crippen LogP contribution in [0.1, 0.15) is 24.5 Å². The molecular formula is C22H26N4O. The number of rotatable bonds is 8. The molecule has 0 radical (unpaired) electrons. The molecule has 0 aliphatic carbocycles. The maximum atomic E-state index is 10.9. The summed E-state index contributed by atoms with van der Waals surface area (Å²) in [5.74, 6) is 0.0148. The maximum absolute atomic E-state index is 10.9. The standard InChI is InChI=1S/C22H26N4O/c1-17-9-6-7-12-21(17)22-19(15-23-13-8-14-24-18(2)27)16-26(25-22)20-10-4-3-5-11-20/h3-7,9-12,16,23H,8,13-15H2,1-2H3,(H,24,27). The second-order valence-corrected chi connectivity index (χ2v) is 6.61. The minimum absolute atomic E-state index is 0.0148. The lowest BCUT2D eigenvalue weighted by Gasteiger charge is -2.07. The molecule has 0 unspecified atom stereocenters. The van der Waals surface area contributed by atoms with Crippen molar-refractivity contribution in [2.75, 3.05) is 13.1 Å². The van der Waals surface area contributed by atoms with Crippen molar-refractivity contribution in [1.82, 2.24) is 20.4 Å². The van der Waals surface area contributed by atoms with Gasteiger partial charge in [0.1, 0.15) is 0 Å². The summed E-state index contributed by atoms with van der Waals surface area (Å²) in [6.07, 6.45) is 2.99. The zero-order valence-corrected chi connectivity index (χ0v) is 15.9. The number of para-hydroxylation sites is 1. The van der Waals surface area contributed by atoms with E-state index in [0.717, 1.165) is 42.0 Å². The van der Waals surface area contributed by atoms with Gasteiger partial charge in [-0.3, -0.25) is 4.79 Å². The van der Waals surface area contributed by atoms with E-state index in [-0.39, 0.29) is 5.91 Å². The average molecular weight is 362 g/mol. The van der Waals surface area contributed by atoms with Gasteiger partial charge in [-0.2, -0.15) is 5.10 Å². The molecule has 0 aliphatic heterocycles. The normalized spacial score (nSPS) is 10.7. The number of nitrogens with one attached hydrogen (secondary N) is 2. The third kappa shape index (κ3) is 5.05. The molecule has 0 saturated carbocycles. The molecule has 5 heteroatoms. The molecule has 1 amide bonds. The molecule has 0 atom stereocenters. The van der Waals surface area contributed by atoms with E-state index in [4.69, 9.17) is 5.10 Å². The Balaban J connectivity index is 1.78. The molecule has 0 bridgehead atoms. The van der Waals surface area contributed by atoms with Crippen LogP contribution in [0.4, 0.5) is 0 Å². The van der Waals surface area contributed by atoms with E-state index in [1.54, 1.807) is 6.92 Å². The van der Waals surface area contributed by atoms with Gasteiger partial charge in [0.2, 0.25) is 5.91 Å². The number of carbonyl (C=O) groups excluding carboxylic acids is 1. The van der Waals surface area contributed by atoms with Crippen LogP contribution in [0.3, 0.4) is 0 Å². The molecule has 140 valence electrons.